The number of hydrogen-bond acceptors (Lipinski definition) is 4. The molecule has 1 aliphatic rings. The molecule has 26 heavy (non-hydrogen) atoms. The first-order valence-corrected chi connectivity index (χ1v) is 9.15. The first-order valence-electron chi connectivity index (χ1n) is 9.15. The zero-order chi connectivity index (χ0) is 18.7. The Bertz CT molecular complexity index is 740. The lowest BCUT2D eigenvalue weighted by atomic mass is 10.0. The van der Waals surface area contributed by atoms with Crippen molar-refractivity contribution in [1.82, 2.24) is 24.9 Å². The van der Waals surface area contributed by atoms with Crippen LogP contribution in [0.25, 0.3) is 0 Å². The van der Waals surface area contributed by atoms with Gasteiger partial charge in [-0.15, -0.1) is 0 Å². The van der Waals surface area contributed by atoms with Crippen LogP contribution in [0.2, 0.25) is 0 Å². The smallest absolute Gasteiger partial charge is 0.269 e. The summed E-state index contributed by atoms with van der Waals surface area (Å²) in [6.07, 6.45) is 0. The van der Waals surface area contributed by atoms with Crippen molar-refractivity contribution < 1.29 is 4.79 Å². The number of amides is 1. The summed E-state index contributed by atoms with van der Waals surface area (Å²) in [6, 6.07) is 12.5. The summed E-state index contributed by atoms with van der Waals surface area (Å²) in [4.78, 5) is 17.4. The standard InChI is InChI=1S/C20H29N5O/c1-15-10-19(24(4)22-15)20(26)21-18-14-25(13-17(18)12-23(2)3)11-16-8-6-5-7-9-16/h5-10,17-18H,11-14H2,1-4H3,(H,21,26). The zero-order valence-electron chi connectivity index (χ0n) is 16.1. The van der Waals surface area contributed by atoms with Crippen molar-refractivity contribution >= 4 is 5.91 Å². The number of rotatable bonds is 6. The maximum Gasteiger partial charge on any atom is 0.269 e. The molecule has 1 N–H and O–H groups in total. The lowest BCUT2D eigenvalue weighted by Crippen LogP contribution is -2.43. The van der Waals surface area contributed by atoms with Gasteiger partial charge in [0.1, 0.15) is 5.69 Å². The highest BCUT2D eigenvalue weighted by Gasteiger charge is 2.34. The van der Waals surface area contributed by atoms with Crippen LogP contribution < -0.4 is 5.32 Å². The first kappa shape index (κ1) is 18.6. The fourth-order valence-electron chi connectivity index (χ4n) is 3.81. The van der Waals surface area contributed by atoms with Gasteiger partial charge in [-0.1, -0.05) is 30.3 Å². The summed E-state index contributed by atoms with van der Waals surface area (Å²) < 4.78 is 1.66. The molecule has 0 spiro atoms. The maximum atomic E-state index is 12.7. The number of benzene rings is 1. The van der Waals surface area contributed by atoms with E-state index in [1.54, 1.807) is 4.68 Å². The molecule has 2 aromatic rings. The quantitative estimate of drug-likeness (QED) is 0.854. The Kier molecular flexibility index (Phi) is 5.74. The van der Waals surface area contributed by atoms with E-state index < -0.39 is 0 Å². The van der Waals surface area contributed by atoms with Crippen LogP contribution in [0, 0.1) is 12.8 Å². The highest BCUT2D eigenvalue weighted by molar-refractivity contribution is 5.92. The summed E-state index contributed by atoms with van der Waals surface area (Å²) >= 11 is 0. The zero-order valence-corrected chi connectivity index (χ0v) is 16.1. The second-order valence-corrected chi connectivity index (χ2v) is 7.58. The van der Waals surface area contributed by atoms with Crippen molar-refractivity contribution in [3.63, 3.8) is 0 Å². The number of likely N-dealkylation sites (tertiary alicyclic amines) is 1. The second-order valence-electron chi connectivity index (χ2n) is 7.58. The number of hydrogen-bond donors (Lipinski definition) is 1. The van der Waals surface area contributed by atoms with Gasteiger partial charge >= 0.3 is 0 Å². The monoisotopic (exact) mass is 355 g/mol. The van der Waals surface area contributed by atoms with Gasteiger partial charge in [0.15, 0.2) is 0 Å². The molecule has 2 heterocycles. The molecule has 1 aromatic carbocycles. The molecule has 0 bridgehead atoms. The molecule has 2 atom stereocenters. The topological polar surface area (TPSA) is 53.4 Å². The summed E-state index contributed by atoms with van der Waals surface area (Å²) in [5.74, 6) is 0.371. The Labute approximate surface area is 155 Å². The van der Waals surface area contributed by atoms with Crippen molar-refractivity contribution in [3.8, 4) is 0 Å². The Morgan fingerprint density at radius 2 is 2.00 bits per heavy atom. The van der Waals surface area contributed by atoms with E-state index in [9.17, 15) is 4.79 Å². The van der Waals surface area contributed by atoms with Crippen molar-refractivity contribution in [2.75, 3.05) is 33.7 Å². The minimum Gasteiger partial charge on any atom is -0.346 e. The third-order valence-electron chi connectivity index (χ3n) is 4.92. The molecular weight excluding hydrogens is 326 g/mol. The normalized spacial score (nSPS) is 20.7. The SMILES string of the molecule is Cc1cc(C(=O)NC2CN(Cc3ccccc3)CC2CN(C)C)n(C)n1. The second kappa shape index (κ2) is 8.01. The van der Waals surface area contributed by atoms with Gasteiger partial charge in [-0.2, -0.15) is 5.10 Å². The van der Waals surface area contributed by atoms with Crippen LogP contribution in [-0.2, 0) is 13.6 Å². The first-order chi connectivity index (χ1) is 12.4. The van der Waals surface area contributed by atoms with Crippen LogP contribution in [-0.4, -0.2) is 65.3 Å². The maximum absolute atomic E-state index is 12.7. The molecule has 1 amide bonds. The van der Waals surface area contributed by atoms with E-state index in [0.29, 0.717) is 11.6 Å². The number of aromatic nitrogens is 2. The van der Waals surface area contributed by atoms with Crippen molar-refractivity contribution in [3.05, 3.63) is 53.3 Å². The van der Waals surface area contributed by atoms with Crippen LogP contribution >= 0.6 is 0 Å². The summed E-state index contributed by atoms with van der Waals surface area (Å²) in [5, 5.41) is 7.53. The van der Waals surface area contributed by atoms with Gasteiger partial charge in [0, 0.05) is 45.2 Å². The molecule has 2 unspecified atom stereocenters. The molecule has 1 saturated heterocycles. The summed E-state index contributed by atoms with van der Waals surface area (Å²) in [5.41, 5.74) is 2.79. The average Bonchev–Trinajstić information content (AvgIpc) is 3.10. The predicted octanol–water partition coefficient (Wildman–Crippen LogP) is 1.52. The lowest BCUT2D eigenvalue weighted by Gasteiger charge is -2.22. The van der Waals surface area contributed by atoms with Crippen LogP contribution in [0.1, 0.15) is 21.7 Å². The molecular formula is C20H29N5O. The van der Waals surface area contributed by atoms with E-state index in [2.05, 4.69) is 58.6 Å². The summed E-state index contributed by atoms with van der Waals surface area (Å²) in [7, 11) is 5.99. The third-order valence-corrected chi connectivity index (χ3v) is 4.92. The number of aryl methyl sites for hydroxylation is 2. The van der Waals surface area contributed by atoms with E-state index in [0.717, 1.165) is 31.9 Å². The van der Waals surface area contributed by atoms with Gasteiger partial charge in [-0.3, -0.25) is 14.4 Å². The number of carbonyl (C=O) groups excluding carboxylic acids is 1. The fraction of sp³-hybridized carbons (Fsp3) is 0.500. The molecule has 1 fully saturated rings. The Morgan fingerprint density at radius 3 is 2.62 bits per heavy atom. The van der Waals surface area contributed by atoms with Gasteiger partial charge < -0.3 is 10.2 Å². The van der Waals surface area contributed by atoms with Crippen LogP contribution in [0.15, 0.2) is 36.4 Å². The molecule has 6 heteroatoms. The molecule has 1 aromatic heterocycles. The molecule has 0 aliphatic carbocycles. The molecule has 3 rings (SSSR count). The van der Waals surface area contributed by atoms with Crippen molar-refractivity contribution in [2.45, 2.75) is 19.5 Å². The summed E-state index contributed by atoms with van der Waals surface area (Å²) in [6.45, 7) is 5.64. The van der Waals surface area contributed by atoms with E-state index in [-0.39, 0.29) is 11.9 Å². The highest BCUT2D eigenvalue weighted by atomic mass is 16.2. The predicted molar refractivity (Wildman–Crippen MR) is 103 cm³/mol. The minimum absolute atomic E-state index is 0.0385. The largest absolute Gasteiger partial charge is 0.346 e. The van der Waals surface area contributed by atoms with Gasteiger partial charge in [0.25, 0.3) is 5.91 Å². The average molecular weight is 355 g/mol. The van der Waals surface area contributed by atoms with Crippen LogP contribution in [0.3, 0.4) is 0 Å². The highest BCUT2D eigenvalue weighted by Crippen LogP contribution is 2.21. The molecule has 140 valence electrons. The number of nitrogens with zero attached hydrogens (tertiary/aromatic N) is 4. The third kappa shape index (κ3) is 4.51. The van der Waals surface area contributed by atoms with E-state index in [1.165, 1.54) is 5.56 Å². The van der Waals surface area contributed by atoms with E-state index in [4.69, 9.17) is 0 Å². The molecule has 0 saturated carbocycles. The Morgan fingerprint density at radius 1 is 1.27 bits per heavy atom. The van der Waals surface area contributed by atoms with Crippen molar-refractivity contribution in [1.29, 1.82) is 0 Å². The number of nitrogens with one attached hydrogen (secondary N) is 1. The van der Waals surface area contributed by atoms with Crippen LogP contribution in [0.5, 0.6) is 0 Å². The van der Waals surface area contributed by atoms with E-state index >= 15 is 0 Å². The van der Waals surface area contributed by atoms with E-state index in [1.807, 2.05) is 26.1 Å². The Balaban J connectivity index is 1.68. The van der Waals surface area contributed by atoms with Gasteiger partial charge in [0.2, 0.25) is 0 Å². The lowest BCUT2D eigenvalue weighted by molar-refractivity contribution is 0.0917. The van der Waals surface area contributed by atoms with Crippen molar-refractivity contribution in [2.24, 2.45) is 13.0 Å². The minimum atomic E-state index is -0.0385. The van der Waals surface area contributed by atoms with Crippen LogP contribution in [0.4, 0.5) is 0 Å². The van der Waals surface area contributed by atoms with Gasteiger partial charge in [-0.25, -0.2) is 0 Å². The van der Waals surface area contributed by atoms with Gasteiger partial charge in [-0.05, 0) is 32.6 Å². The molecule has 6 nitrogen and oxygen atoms in total. The Hall–Kier alpha value is -2.18. The fourth-order valence-corrected chi connectivity index (χ4v) is 3.81. The molecule has 0 radical (unpaired) electrons. The van der Waals surface area contributed by atoms with Gasteiger partial charge in [0.05, 0.1) is 5.69 Å². The molecule has 1 aliphatic heterocycles. The number of carbonyl (C=O) groups is 1.